The van der Waals surface area contributed by atoms with Crippen LogP contribution in [0.5, 0.6) is 0 Å². The molecular formula is CH3N2O2S2-. The molecule has 0 aromatic rings. The minimum atomic E-state index is -2.36. The van der Waals surface area contributed by atoms with Gasteiger partial charge in [-0.3, -0.25) is 8.93 Å². The summed E-state index contributed by atoms with van der Waals surface area (Å²) >= 11 is 1.78. The van der Waals surface area contributed by atoms with E-state index in [1.807, 2.05) is 0 Å². The first-order valence-electron chi connectivity index (χ1n) is 1.28. The van der Waals surface area contributed by atoms with Crippen LogP contribution in [0.4, 0.5) is 0 Å². The summed E-state index contributed by atoms with van der Waals surface area (Å²) in [7, 11) is 0. The third-order valence-corrected chi connectivity index (χ3v) is 0.802. The van der Waals surface area contributed by atoms with Gasteiger partial charge in [0.25, 0.3) is 0 Å². The van der Waals surface area contributed by atoms with Crippen molar-refractivity contribution in [2.75, 3.05) is 0 Å². The van der Waals surface area contributed by atoms with E-state index in [2.05, 4.69) is 12.2 Å². The molecule has 6 heteroatoms. The first-order chi connectivity index (χ1) is 3.13. The van der Waals surface area contributed by atoms with E-state index in [-0.39, 0.29) is 5.11 Å². The van der Waals surface area contributed by atoms with Crippen molar-refractivity contribution in [1.29, 1.82) is 0 Å². The van der Waals surface area contributed by atoms with Gasteiger partial charge in [-0.1, -0.05) is 0 Å². The van der Waals surface area contributed by atoms with Crippen molar-refractivity contribution in [3.8, 4) is 0 Å². The van der Waals surface area contributed by atoms with Crippen LogP contribution in [-0.2, 0) is 11.3 Å². The quantitative estimate of drug-likeness (QED) is 0.346. The maximum Gasteiger partial charge on any atom is 0.174 e. The zero-order chi connectivity index (χ0) is 5.86. The van der Waals surface area contributed by atoms with Crippen molar-refractivity contribution in [3.63, 3.8) is 0 Å². The van der Waals surface area contributed by atoms with Crippen LogP contribution in [-0.4, -0.2) is 13.9 Å². The van der Waals surface area contributed by atoms with E-state index in [1.165, 1.54) is 0 Å². The lowest BCUT2D eigenvalue weighted by Crippen LogP contribution is -2.30. The largest absolute Gasteiger partial charge is 0.755 e. The second-order valence-electron chi connectivity index (χ2n) is 0.701. The van der Waals surface area contributed by atoms with Gasteiger partial charge in [-0.05, 0) is 12.2 Å². The minimum Gasteiger partial charge on any atom is -0.755 e. The standard InChI is InChI=1S/CH4N2O2S2/c2-1(6)3-7(4)5/h(H,4,5)(H3,2,3,6)/p-1. The SMILES string of the molecule is NC(=S)NS(=O)[O-]. The molecule has 1 atom stereocenters. The summed E-state index contributed by atoms with van der Waals surface area (Å²) in [5, 5.41) is -0.242. The maximum absolute atomic E-state index is 9.53. The summed E-state index contributed by atoms with van der Waals surface area (Å²) in [4.78, 5) is 0. The highest BCUT2D eigenvalue weighted by atomic mass is 32.2. The molecule has 42 valence electrons. The van der Waals surface area contributed by atoms with Crippen LogP contribution in [0.15, 0.2) is 0 Å². The smallest absolute Gasteiger partial charge is 0.174 e. The van der Waals surface area contributed by atoms with E-state index in [0.717, 1.165) is 0 Å². The highest BCUT2D eigenvalue weighted by Gasteiger charge is 1.78. The van der Waals surface area contributed by atoms with Crippen LogP contribution in [0, 0.1) is 0 Å². The first kappa shape index (κ1) is 6.80. The number of nitrogens with two attached hydrogens (primary N) is 1. The van der Waals surface area contributed by atoms with Gasteiger partial charge in [0.1, 0.15) is 0 Å². The van der Waals surface area contributed by atoms with Crippen LogP contribution < -0.4 is 10.5 Å². The lowest BCUT2D eigenvalue weighted by Gasteiger charge is -2.03. The molecule has 4 nitrogen and oxygen atoms in total. The molecule has 0 saturated carbocycles. The highest BCUT2D eigenvalue weighted by Crippen LogP contribution is 1.59. The number of rotatable bonds is 1. The number of hydrogen-bond donors (Lipinski definition) is 2. The molecule has 1 unspecified atom stereocenters. The van der Waals surface area contributed by atoms with Gasteiger partial charge in [0.05, 0.1) is 0 Å². The molecule has 0 amide bonds. The molecule has 0 aliphatic heterocycles. The Bertz CT molecular complexity index is 89.9. The summed E-state index contributed by atoms with van der Waals surface area (Å²) in [5.41, 5.74) is 4.72. The predicted octanol–water partition coefficient (Wildman–Crippen LogP) is -1.39. The Balaban J connectivity index is 3.32. The van der Waals surface area contributed by atoms with Crippen molar-refractivity contribution in [3.05, 3.63) is 0 Å². The van der Waals surface area contributed by atoms with Crippen molar-refractivity contribution in [1.82, 2.24) is 4.72 Å². The Morgan fingerprint density at radius 3 is 2.43 bits per heavy atom. The van der Waals surface area contributed by atoms with Gasteiger partial charge in [-0.15, -0.1) is 0 Å². The van der Waals surface area contributed by atoms with Crippen LogP contribution in [0.25, 0.3) is 0 Å². The van der Waals surface area contributed by atoms with Gasteiger partial charge in [0, 0.05) is 11.3 Å². The minimum absolute atomic E-state index is 0.242. The molecule has 0 fully saturated rings. The second-order valence-corrected chi connectivity index (χ2v) is 1.81. The first-order valence-corrected chi connectivity index (χ1v) is 2.76. The fourth-order valence-electron chi connectivity index (χ4n) is 0.0821. The van der Waals surface area contributed by atoms with E-state index in [4.69, 9.17) is 5.73 Å². The number of hydrogen-bond acceptors (Lipinski definition) is 3. The second kappa shape index (κ2) is 2.89. The molecule has 0 heterocycles. The molecule has 0 bridgehead atoms. The lowest BCUT2D eigenvalue weighted by molar-refractivity contribution is 0.533. The van der Waals surface area contributed by atoms with Crippen LogP contribution in [0.1, 0.15) is 0 Å². The number of nitrogens with one attached hydrogen (secondary N) is 1. The van der Waals surface area contributed by atoms with E-state index < -0.39 is 11.3 Å². The van der Waals surface area contributed by atoms with Crippen molar-refractivity contribution in [2.45, 2.75) is 0 Å². The van der Waals surface area contributed by atoms with Crippen molar-refractivity contribution >= 4 is 28.6 Å². The topological polar surface area (TPSA) is 78.2 Å². The Morgan fingerprint density at radius 2 is 2.43 bits per heavy atom. The van der Waals surface area contributed by atoms with E-state index >= 15 is 0 Å². The van der Waals surface area contributed by atoms with Crippen molar-refractivity contribution < 1.29 is 8.76 Å². The van der Waals surface area contributed by atoms with Gasteiger partial charge in [-0.25, -0.2) is 0 Å². The Morgan fingerprint density at radius 1 is 2.00 bits per heavy atom. The van der Waals surface area contributed by atoms with Gasteiger partial charge in [0.15, 0.2) is 5.11 Å². The Labute approximate surface area is 48.5 Å². The molecule has 0 rings (SSSR count). The summed E-state index contributed by atoms with van der Waals surface area (Å²) in [6.45, 7) is 0. The van der Waals surface area contributed by atoms with Gasteiger partial charge >= 0.3 is 0 Å². The summed E-state index contributed by atoms with van der Waals surface area (Å²) in [6.07, 6.45) is 0. The molecule has 0 aromatic carbocycles. The molecular weight excluding hydrogens is 136 g/mol. The van der Waals surface area contributed by atoms with Crippen LogP contribution >= 0.6 is 12.2 Å². The zero-order valence-corrected chi connectivity index (χ0v) is 4.84. The highest BCUT2D eigenvalue weighted by molar-refractivity contribution is 7.83. The van der Waals surface area contributed by atoms with Gasteiger partial charge < -0.3 is 10.3 Å². The zero-order valence-electron chi connectivity index (χ0n) is 3.21. The molecule has 0 aromatic heterocycles. The molecule has 0 spiro atoms. The van der Waals surface area contributed by atoms with E-state index in [9.17, 15) is 8.76 Å². The summed E-state index contributed by atoms with van der Waals surface area (Å²) < 4.78 is 20.8. The molecule has 0 aliphatic carbocycles. The third-order valence-electron chi connectivity index (χ3n) is 0.184. The van der Waals surface area contributed by atoms with E-state index in [0.29, 0.717) is 0 Å². The fraction of sp³-hybridized carbons (Fsp3) is 0. The predicted molar refractivity (Wildman–Crippen MR) is 28.8 cm³/mol. The lowest BCUT2D eigenvalue weighted by atomic mass is 11.3. The molecule has 0 saturated heterocycles. The van der Waals surface area contributed by atoms with Crippen LogP contribution in [0.2, 0.25) is 0 Å². The fourth-order valence-corrected chi connectivity index (χ4v) is 0.451. The molecule has 7 heavy (non-hydrogen) atoms. The van der Waals surface area contributed by atoms with Gasteiger partial charge in [-0.2, -0.15) is 0 Å². The Kier molecular flexibility index (Phi) is 2.81. The average Bonchev–Trinajstić information content (AvgIpc) is 1.27. The Hall–Kier alpha value is -0.200. The monoisotopic (exact) mass is 139 g/mol. The number of thiocarbonyl (C=S) groups is 1. The van der Waals surface area contributed by atoms with Gasteiger partial charge in [0.2, 0.25) is 0 Å². The molecule has 0 aliphatic rings. The molecule has 0 radical (unpaired) electrons. The summed E-state index contributed by atoms with van der Waals surface area (Å²) in [6, 6.07) is 0. The van der Waals surface area contributed by atoms with Crippen LogP contribution in [0.3, 0.4) is 0 Å². The maximum atomic E-state index is 9.53. The molecule has 3 N–H and O–H groups in total. The average molecular weight is 139 g/mol. The normalized spacial score (nSPS) is 12.7. The summed E-state index contributed by atoms with van der Waals surface area (Å²) in [5.74, 6) is 0. The van der Waals surface area contributed by atoms with E-state index in [1.54, 1.807) is 4.72 Å². The third kappa shape index (κ3) is 5.80. The van der Waals surface area contributed by atoms with Crippen molar-refractivity contribution in [2.24, 2.45) is 5.73 Å².